The van der Waals surface area contributed by atoms with Crippen molar-refractivity contribution in [3.05, 3.63) is 35.9 Å². The number of carbonyl (C=O) groups is 1. The Balaban J connectivity index is 1.58. The van der Waals surface area contributed by atoms with Gasteiger partial charge in [0.1, 0.15) is 0 Å². The highest BCUT2D eigenvalue weighted by Gasteiger charge is 2.33. The lowest BCUT2D eigenvalue weighted by molar-refractivity contribution is -0.134. The second kappa shape index (κ2) is 7.02. The quantitative estimate of drug-likeness (QED) is 0.927. The smallest absolute Gasteiger partial charge is 0.236 e. The molecule has 2 aliphatic rings. The molecule has 3 rings (SSSR count). The number of carbonyl (C=O) groups excluding carboxylic acids is 1. The molecule has 0 bridgehead atoms. The highest BCUT2D eigenvalue weighted by atomic mass is 16.2. The van der Waals surface area contributed by atoms with E-state index in [0.29, 0.717) is 24.3 Å². The summed E-state index contributed by atoms with van der Waals surface area (Å²) < 4.78 is 0. The van der Waals surface area contributed by atoms with Crippen LogP contribution in [0.2, 0.25) is 0 Å². The Morgan fingerprint density at radius 1 is 1.09 bits per heavy atom. The van der Waals surface area contributed by atoms with Gasteiger partial charge in [-0.1, -0.05) is 44.2 Å². The van der Waals surface area contributed by atoms with Crippen LogP contribution in [0.3, 0.4) is 0 Å². The number of hydrogen-bond acceptors (Lipinski definition) is 3. The lowest BCUT2D eigenvalue weighted by Gasteiger charge is -2.35. The molecule has 2 aliphatic heterocycles. The van der Waals surface area contributed by atoms with E-state index in [2.05, 4.69) is 47.9 Å². The first-order valence-electron chi connectivity index (χ1n) is 8.83. The number of rotatable bonds is 3. The predicted molar refractivity (Wildman–Crippen MR) is 93.1 cm³/mol. The monoisotopic (exact) mass is 315 g/mol. The molecule has 2 fully saturated rings. The third-order valence-electron chi connectivity index (χ3n) is 5.25. The van der Waals surface area contributed by atoms with Crippen molar-refractivity contribution in [2.75, 3.05) is 32.7 Å². The third kappa shape index (κ3) is 3.93. The Labute approximate surface area is 139 Å². The number of nitrogens with zero attached hydrogens (tertiary/aromatic N) is 2. The first-order chi connectivity index (χ1) is 11.0. The van der Waals surface area contributed by atoms with E-state index in [1.807, 2.05) is 6.07 Å². The molecule has 0 aromatic heterocycles. The molecule has 4 nitrogen and oxygen atoms in total. The second-order valence-electron chi connectivity index (χ2n) is 7.62. The standard InChI is InChI=1S/C19H29N3O/c1-14-8-15(2)10-22(9-14)19(23)13-21-11-17(18(20)12-21)16-6-4-3-5-7-16/h3-7,14-15,17-18H,8-13,20H2,1-2H3/t14?,15?,17-,18+/m0/s1. The average molecular weight is 315 g/mol. The van der Waals surface area contributed by atoms with Gasteiger partial charge in [-0.3, -0.25) is 9.69 Å². The first-order valence-corrected chi connectivity index (χ1v) is 8.83. The molecular formula is C19H29N3O. The number of likely N-dealkylation sites (tertiary alicyclic amines) is 2. The van der Waals surface area contributed by atoms with Gasteiger partial charge < -0.3 is 10.6 Å². The van der Waals surface area contributed by atoms with Crippen molar-refractivity contribution in [2.45, 2.75) is 32.2 Å². The van der Waals surface area contributed by atoms with Gasteiger partial charge in [0.15, 0.2) is 0 Å². The molecule has 2 unspecified atom stereocenters. The predicted octanol–water partition coefficient (Wildman–Crippen LogP) is 1.92. The molecule has 2 heterocycles. The van der Waals surface area contributed by atoms with Crippen LogP contribution in [0.5, 0.6) is 0 Å². The molecule has 2 N–H and O–H groups in total. The minimum atomic E-state index is 0.115. The molecule has 0 saturated carbocycles. The molecule has 4 heteroatoms. The summed E-state index contributed by atoms with van der Waals surface area (Å²) in [5, 5.41) is 0. The van der Waals surface area contributed by atoms with Crippen molar-refractivity contribution in [3.63, 3.8) is 0 Å². The zero-order valence-corrected chi connectivity index (χ0v) is 14.3. The fourth-order valence-electron chi connectivity index (χ4n) is 4.25. The van der Waals surface area contributed by atoms with Crippen molar-refractivity contribution in [1.29, 1.82) is 0 Å². The minimum absolute atomic E-state index is 0.115. The zero-order chi connectivity index (χ0) is 16.4. The van der Waals surface area contributed by atoms with Crippen LogP contribution >= 0.6 is 0 Å². The maximum atomic E-state index is 12.6. The van der Waals surface area contributed by atoms with E-state index in [0.717, 1.165) is 26.2 Å². The summed E-state index contributed by atoms with van der Waals surface area (Å²) in [5.74, 6) is 1.83. The van der Waals surface area contributed by atoms with Gasteiger partial charge in [-0.25, -0.2) is 0 Å². The van der Waals surface area contributed by atoms with E-state index in [-0.39, 0.29) is 11.9 Å². The Morgan fingerprint density at radius 3 is 2.39 bits per heavy atom. The number of piperidine rings is 1. The van der Waals surface area contributed by atoms with Crippen LogP contribution in [0.4, 0.5) is 0 Å². The highest BCUT2D eigenvalue weighted by Crippen LogP contribution is 2.27. The largest absolute Gasteiger partial charge is 0.341 e. The van der Waals surface area contributed by atoms with Crippen LogP contribution in [-0.2, 0) is 4.79 Å². The molecule has 4 atom stereocenters. The van der Waals surface area contributed by atoms with Gasteiger partial charge in [0.2, 0.25) is 5.91 Å². The summed E-state index contributed by atoms with van der Waals surface area (Å²) in [6.45, 7) is 8.51. The molecular weight excluding hydrogens is 286 g/mol. The van der Waals surface area contributed by atoms with Crippen molar-refractivity contribution in [1.82, 2.24) is 9.80 Å². The number of nitrogens with two attached hydrogens (primary N) is 1. The van der Waals surface area contributed by atoms with Crippen LogP contribution in [0.15, 0.2) is 30.3 Å². The Hall–Kier alpha value is -1.39. The van der Waals surface area contributed by atoms with Crippen molar-refractivity contribution >= 4 is 5.91 Å². The topological polar surface area (TPSA) is 49.6 Å². The molecule has 0 spiro atoms. The van der Waals surface area contributed by atoms with Gasteiger partial charge in [0.05, 0.1) is 6.54 Å². The zero-order valence-electron chi connectivity index (χ0n) is 14.3. The summed E-state index contributed by atoms with van der Waals surface area (Å²) >= 11 is 0. The van der Waals surface area contributed by atoms with Crippen LogP contribution in [-0.4, -0.2) is 54.5 Å². The lowest BCUT2D eigenvalue weighted by atomic mass is 9.92. The first kappa shape index (κ1) is 16.5. The fourth-order valence-corrected chi connectivity index (χ4v) is 4.25. The maximum Gasteiger partial charge on any atom is 0.236 e. The van der Waals surface area contributed by atoms with E-state index in [9.17, 15) is 4.79 Å². The molecule has 2 saturated heterocycles. The van der Waals surface area contributed by atoms with E-state index in [1.54, 1.807) is 0 Å². The summed E-state index contributed by atoms with van der Waals surface area (Å²) in [5.41, 5.74) is 7.62. The van der Waals surface area contributed by atoms with E-state index in [4.69, 9.17) is 5.73 Å². The number of amides is 1. The van der Waals surface area contributed by atoms with Crippen molar-refractivity contribution < 1.29 is 4.79 Å². The Bertz CT molecular complexity index is 523. The van der Waals surface area contributed by atoms with E-state index < -0.39 is 0 Å². The summed E-state index contributed by atoms with van der Waals surface area (Å²) in [6, 6.07) is 10.6. The molecule has 1 amide bonds. The Kier molecular flexibility index (Phi) is 5.02. The van der Waals surface area contributed by atoms with Crippen LogP contribution in [0, 0.1) is 11.8 Å². The molecule has 0 radical (unpaired) electrons. The van der Waals surface area contributed by atoms with Gasteiger partial charge in [-0.05, 0) is 23.8 Å². The summed E-state index contributed by atoms with van der Waals surface area (Å²) in [6.07, 6.45) is 1.23. The summed E-state index contributed by atoms with van der Waals surface area (Å²) in [4.78, 5) is 16.9. The van der Waals surface area contributed by atoms with E-state index >= 15 is 0 Å². The van der Waals surface area contributed by atoms with Crippen LogP contribution in [0.25, 0.3) is 0 Å². The van der Waals surface area contributed by atoms with Gasteiger partial charge in [0.25, 0.3) is 0 Å². The van der Waals surface area contributed by atoms with E-state index in [1.165, 1.54) is 12.0 Å². The number of benzene rings is 1. The normalized spacial score (nSPS) is 32.2. The maximum absolute atomic E-state index is 12.6. The van der Waals surface area contributed by atoms with Gasteiger partial charge in [-0.15, -0.1) is 0 Å². The van der Waals surface area contributed by atoms with Crippen LogP contribution < -0.4 is 5.73 Å². The van der Waals surface area contributed by atoms with Gasteiger partial charge >= 0.3 is 0 Å². The van der Waals surface area contributed by atoms with Crippen molar-refractivity contribution in [3.8, 4) is 0 Å². The SMILES string of the molecule is CC1CC(C)CN(C(=O)CN2C[C@@H](N)[C@H](c3ccccc3)C2)C1. The minimum Gasteiger partial charge on any atom is -0.341 e. The van der Waals surface area contributed by atoms with Crippen molar-refractivity contribution in [2.24, 2.45) is 17.6 Å². The lowest BCUT2D eigenvalue weighted by Crippen LogP contribution is -2.46. The second-order valence-corrected chi connectivity index (χ2v) is 7.62. The molecule has 126 valence electrons. The number of hydrogen-bond donors (Lipinski definition) is 1. The molecule has 1 aromatic carbocycles. The molecule has 0 aliphatic carbocycles. The van der Waals surface area contributed by atoms with Gasteiger partial charge in [-0.2, -0.15) is 0 Å². The third-order valence-corrected chi connectivity index (χ3v) is 5.25. The average Bonchev–Trinajstić information content (AvgIpc) is 2.87. The molecule has 23 heavy (non-hydrogen) atoms. The highest BCUT2D eigenvalue weighted by molar-refractivity contribution is 5.78. The van der Waals surface area contributed by atoms with Gasteiger partial charge in [0, 0.05) is 38.1 Å². The Morgan fingerprint density at radius 2 is 1.74 bits per heavy atom. The fraction of sp³-hybridized carbons (Fsp3) is 0.632. The van der Waals surface area contributed by atoms with Crippen LogP contribution in [0.1, 0.15) is 31.7 Å². The molecule has 1 aromatic rings. The summed E-state index contributed by atoms with van der Waals surface area (Å²) in [7, 11) is 0.